The molecule has 0 bridgehead atoms. The van der Waals surface area contributed by atoms with Crippen LogP contribution >= 0.6 is 11.3 Å². The Morgan fingerprint density at radius 2 is 1.93 bits per heavy atom. The number of likely N-dealkylation sites (tertiary alicyclic amines) is 1. The molecule has 1 fully saturated rings. The summed E-state index contributed by atoms with van der Waals surface area (Å²) in [5.74, 6) is 1.28. The molecule has 0 unspecified atom stereocenters. The average molecular weight is 426 g/mol. The molecule has 3 aromatic rings. The zero-order valence-electron chi connectivity index (χ0n) is 16.6. The second kappa shape index (κ2) is 9.00. The van der Waals surface area contributed by atoms with Crippen molar-refractivity contribution in [3.05, 3.63) is 58.9 Å². The molecular weight excluding hydrogens is 402 g/mol. The third kappa shape index (κ3) is 4.30. The maximum Gasteiger partial charge on any atom is 0.324 e. The van der Waals surface area contributed by atoms with Crippen molar-refractivity contribution >= 4 is 34.8 Å². The highest BCUT2D eigenvalue weighted by molar-refractivity contribution is 7.08. The van der Waals surface area contributed by atoms with Gasteiger partial charge < -0.3 is 15.0 Å². The van der Waals surface area contributed by atoms with Gasteiger partial charge in [-0.2, -0.15) is 16.4 Å². The molecule has 1 aliphatic heterocycles. The van der Waals surface area contributed by atoms with Crippen molar-refractivity contribution in [2.45, 2.75) is 18.9 Å². The molecule has 9 heteroatoms. The summed E-state index contributed by atoms with van der Waals surface area (Å²) in [6, 6.07) is 10.6. The minimum atomic E-state index is -0.369. The molecule has 0 aliphatic carbocycles. The summed E-state index contributed by atoms with van der Waals surface area (Å²) < 4.78 is 7.09. The molecule has 30 heavy (non-hydrogen) atoms. The number of hydrogen-bond donors (Lipinski definition) is 2. The summed E-state index contributed by atoms with van der Waals surface area (Å²) in [7, 11) is 1.56. The molecule has 0 radical (unpaired) electrons. The number of hydrogen-bond acceptors (Lipinski definition) is 5. The third-order valence-electron chi connectivity index (χ3n) is 5.13. The van der Waals surface area contributed by atoms with Crippen LogP contribution in [0.15, 0.2) is 53.4 Å². The fourth-order valence-corrected chi connectivity index (χ4v) is 4.23. The molecule has 1 aliphatic rings. The van der Waals surface area contributed by atoms with E-state index in [1.807, 2.05) is 38.5 Å². The van der Waals surface area contributed by atoms with Gasteiger partial charge in [0.15, 0.2) is 0 Å². The number of nitrogens with zero attached hydrogens (tertiary/aromatic N) is 3. The predicted octanol–water partition coefficient (Wildman–Crippen LogP) is 4.07. The first-order chi connectivity index (χ1) is 14.7. The van der Waals surface area contributed by atoms with Crippen LogP contribution in [0.25, 0.3) is 0 Å². The SMILES string of the molecule is COc1ccccc1NC(=O)Nc1ccnn1C1CCN(C(=O)c2ccsc2)CC1. The Morgan fingerprint density at radius 1 is 1.13 bits per heavy atom. The van der Waals surface area contributed by atoms with Crippen LogP contribution in [0, 0.1) is 0 Å². The van der Waals surface area contributed by atoms with Crippen molar-refractivity contribution in [1.29, 1.82) is 0 Å². The highest BCUT2D eigenvalue weighted by Crippen LogP contribution is 2.27. The minimum Gasteiger partial charge on any atom is -0.495 e. The number of urea groups is 1. The average Bonchev–Trinajstić information content (AvgIpc) is 3.46. The number of anilines is 2. The molecule has 2 aromatic heterocycles. The van der Waals surface area contributed by atoms with E-state index in [0.29, 0.717) is 30.3 Å². The lowest BCUT2D eigenvalue weighted by atomic mass is 10.0. The number of thiophene rings is 1. The Labute approximate surface area is 178 Å². The molecule has 0 spiro atoms. The Balaban J connectivity index is 1.37. The zero-order valence-corrected chi connectivity index (χ0v) is 17.4. The van der Waals surface area contributed by atoms with Gasteiger partial charge in [-0.05, 0) is 36.4 Å². The van der Waals surface area contributed by atoms with Crippen molar-refractivity contribution in [2.24, 2.45) is 0 Å². The van der Waals surface area contributed by atoms with E-state index in [0.717, 1.165) is 18.4 Å². The summed E-state index contributed by atoms with van der Waals surface area (Å²) in [5, 5.41) is 13.9. The van der Waals surface area contributed by atoms with Gasteiger partial charge in [0.2, 0.25) is 0 Å². The number of ether oxygens (including phenoxy) is 1. The van der Waals surface area contributed by atoms with Crippen molar-refractivity contribution in [2.75, 3.05) is 30.8 Å². The van der Waals surface area contributed by atoms with E-state index in [2.05, 4.69) is 15.7 Å². The van der Waals surface area contributed by atoms with E-state index in [1.165, 1.54) is 11.3 Å². The molecular formula is C21H23N5O3S. The van der Waals surface area contributed by atoms with Gasteiger partial charge in [0.1, 0.15) is 11.6 Å². The van der Waals surface area contributed by atoms with Gasteiger partial charge in [0.25, 0.3) is 5.91 Å². The van der Waals surface area contributed by atoms with E-state index in [4.69, 9.17) is 4.74 Å². The first-order valence-electron chi connectivity index (χ1n) is 9.71. The van der Waals surface area contributed by atoms with Crippen LogP contribution < -0.4 is 15.4 Å². The van der Waals surface area contributed by atoms with Crippen LogP contribution in [0.1, 0.15) is 29.2 Å². The van der Waals surface area contributed by atoms with E-state index < -0.39 is 0 Å². The summed E-state index contributed by atoms with van der Waals surface area (Å²) in [6.45, 7) is 1.32. The predicted molar refractivity (Wildman–Crippen MR) is 116 cm³/mol. The van der Waals surface area contributed by atoms with Gasteiger partial charge in [0.05, 0.1) is 30.6 Å². The summed E-state index contributed by atoms with van der Waals surface area (Å²) in [4.78, 5) is 26.9. The van der Waals surface area contributed by atoms with Crippen LogP contribution in [0.4, 0.5) is 16.3 Å². The fourth-order valence-electron chi connectivity index (χ4n) is 3.60. The smallest absolute Gasteiger partial charge is 0.324 e. The van der Waals surface area contributed by atoms with Crippen molar-refractivity contribution < 1.29 is 14.3 Å². The van der Waals surface area contributed by atoms with Crippen LogP contribution in [0.3, 0.4) is 0 Å². The number of piperidine rings is 1. The quantitative estimate of drug-likeness (QED) is 0.645. The molecule has 0 atom stereocenters. The number of nitrogens with one attached hydrogen (secondary N) is 2. The Bertz CT molecular complexity index is 1010. The number of benzene rings is 1. The first-order valence-corrected chi connectivity index (χ1v) is 10.7. The molecule has 1 aromatic carbocycles. The first kappa shape index (κ1) is 20.0. The Morgan fingerprint density at radius 3 is 2.67 bits per heavy atom. The van der Waals surface area contributed by atoms with E-state index in [1.54, 1.807) is 31.5 Å². The minimum absolute atomic E-state index is 0.0738. The largest absolute Gasteiger partial charge is 0.495 e. The van der Waals surface area contributed by atoms with E-state index in [-0.39, 0.29) is 18.0 Å². The van der Waals surface area contributed by atoms with E-state index in [9.17, 15) is 9.59 Å². The van der Waals surface area contributed by atoms with Gasteiger partial charge in [-0.3, -0.25) is 10.1 Å². The molecule has 3 amide bonds. The third-order valence-corrected chi connectivity index (χ3v) is 5.82. The van der Waals surface area contributed by atoms with Gasteiger partial charge in [-0.15, -0.1) is 0 Å². The van der Waals surface area contributed by atoms with Crippen LogP contribution in [0.5, 0.6) is 5.75 Å². The summed E-state index contributed by atoms with van der Waals surface area (Å²) >= 11 is 1.53. The van der Waals surface area contributed by atoms with Crippen LogP contribution in [-0.4, -0.2) is 46.8 Å². The van der Waals surface area contributed by atoms with E-state index >= 15 is 0 Å². The zero-order chi connectivity index (χ0) is 20.9. The maximum atomic E-state index is 12.5. The highest BCUT2D eigenvalue weighted by atomic mass is 32.1. The molecule has 1 saturated heterocycles. The lowest BCUT2D eigenvalue weighted by Gasteiger charge is -2.32. The monoisotopic (exact) mass is 425 g/mol. The lowest BCUT2D eigenvalue weighted by molar-refractivity contribution is 0.0691. The highest BCUT2D eigenvalue weighted by Gasteiger charge is 2.26. The molecule has 0 saturated carbocycles. The van der Waals surface area contributed by atoms with Crippen molar-refractivity contribution in [3.8, 4) is 5.75 Å². The van der Waals surface area contributed by atoms with Gasteiger partial charge >= 0.3 is 6.03 Å². The Hall–Kier alpha value is -3.33. The number of amides is 3. The second-order valence-electron chi connectivity index (χ2n) is 6.98. The number of aromatic nitrogens is 2. The van der Waals surface area contributed by atoms with Gasteiger partial charge in [-0.25, -0.2) is 9.48 Å². The van der Waals surface area contributed by atoms with Gasteiger partial charge in [-0.1, -0.05) is 12.1 Å². The Kier molecular flexibility index (Phi) is 5.99. The van der Waals surface area contributed by atoms with Crippen LogP contribution in [-0.2, 0) is 0 Å². The van der Waals surface area contributed by atoms with Crippen molar-refractivity contribution in [1.82, 2.24) is 14.7 Å². The number of carbonyl (C=O) groups excluding carboxylic acids is 2. The number of carbonyl (C=O) groups is 2. The molecule has 3 heterocycles. The molecule has 2 N–H and O–H groups in total. The van der Waals surface area contributed by atoms with Gasteiger partial charge in [0, 0.05) is 24.5 Å². The van der Waals surface area contributed by atoms with Crippen molar-refractivity contribution in [3.63, 3.8) is 0 Å². The molecule has 8 nitrogen and oxygen atoms in total. The second-order valence-corrected chi connectivity index (χ2v) is 7.76. The van der Waals surface area contributed by atoms with Crippen LogP contribution in [0.2, 0.25) is 0 Å². The number of methoxy groups -OCH3 is 1. The normalized spacial score (nSPS) is 14.4. The number of rotatable bonds is 5. The fraction of sp³-hybridized carbons (Fsp3) is 0.286. The molecule has 4 rings (SSSR count). The lowest BCUT2D eigenvalue weighted by Crippen LogP contribution is -2.39. The topological polar surface area (TPSA) is 88.5 Å². The summed E-state index contributed by atoms with van der Waals surface area (Å²) in [6.07, 6.45) is 3.22. The summed E-state index contributed by atoms with van der Waals surface area (Å²) in [5.41, 5.74) is 1.33. The standard InChI is InChI=1S/C21H23N5O3S/c1-29-18-5-3-2-4-17(18)23-21(28)24-19-6-10-22-26(19)16-7-11-25(12-8-16)20(27)15-9-13-30-14-15/h2-6,9-10,13-14,16H,7-8,11-12H2,1H3,(H2,23,24,28). The number of para-hydroxylation sites is 2. The molecule has 156 valence electrons. The maximum absolute atomic E-state index is 12.5.